The van der Waals surface area contributed by atoms with Crippen molar-refractivity contribution in [3.05, 3.63) is 51.2 Å². The van der Waals surface area contributed by atoms with Crippen LogP contribution >= 0.6 is 11.3 Å². The highest BCUT2D eigenvalue weighted by molar-refractivity contribution is 7.90. The molecule has 1 aliphatic rings. The van der Waals surface area contributed by atoms with Crippen LogP contribution in [0.25, 0.3) is 0 Å². The molecule has 2 amide bonds. The van der Waals surface area contributed by atoms with E-state index in [1.165, 1.54) is 18.4 Å². The molecule has 2 aromatic rings. The summed E-state index contributed by atoms with van der Waals surface area (Å²) in [5.41, 5.74) is 1.92. The number of carbonyl (C=O) groups is 2. The van der Waals surface area contributed by atoms with Gasteiger partial charge in [-0.1, -0.05) is 12.1 Å². The number of ether oxygens (including phenoxy) is 2. The lowest BCUT2D eigenvalue weighted by Gasteiger charge is -2.21. The van der Waals surface area contributed by atoms with E-state index < -0.39 is 9.84 Å². The first-order chi connectivity index (χ1) is 15.7. The minimum absolute atomic E-state index is 0. The molecule has 1 aliphatic heterocycles. The van der Waals surface area contributed by atoms with Gasteiger partial charge in [-0.25, -0.2) is 13.2 Å². The third kappa shape index (κ3) is 7.02. The van der Waals surface area contributed by atoms with Gasteiger partial charge in [-0.3, -0.25) is 4.79 Å². The van der Waals surface area contributed by atoms with Gasteiger partial charge in [0.15, 0.2) is 9.84 Å². The molecule has 2 heterocycles. The number of sulfone groups is 1. The summed E-state index contributed by atoms with van der Waals surface area (Å²) in [7, 11) is -1.87. The van der Waals surface area contributed by atoms with Gasteiger partial charge in [-0.2, -0.15) is 0 Å². The maximum Gasteiger partial charge on any atom is 0.409 e. The number of aryl methyl sites for hydroxylation is 1. The van der Waals surface area contributed by atoms with Crippen LogP contribution in [0, 0.1) is 0 Å². The highest BCUT2D eigenvalue weighted by Crippen LogP contribution is 2.26. The molecule has 0 aliphatic carbocycles. The molecular weight excluding hydrogens is 464 g/mol. The van der Waals surface area contributed by atoms with E-state index in [0.29, 0.717) is 37.5 Å². The Morgan fingerprint density at radius 1 is 1.27 bits per heavy atom. The molecule has 0 bridgehead atoms. The third-order valence-electron chi connectivity index (χ3n) is 5.46. The number of hydrogen-bond acceptors (Lipinski definition) is 7. The van der Waals surface area contributed by atoms with Gasteiger partial charge in [0.1, 0.15) is 0 Å². The van der Waals surface area contributed by atoms with E-state index in [9.17, 15) is 18.0 Å². The molecule has 8 nitrogen and oxygen atoms in total. The maximum absolute atomic E-state index is 12.8. The zero-order valence-corrected chi connectivity index (χ0v) is 20.8. The fourth-order valence-corrected chi connectivity index (χ4v) is 5.46. The molecule has 0 fully saturated rings. The number of carbonyl (C=O) groups excluding carboxylic acids is 2. The Morgan fingerprint density at radius 3 is 2.67 bits per heavy atom. The van der Waals surface area contributed by atoms with E-state index >= 15 is 0 Å². The summed E-state index contributed by atoms with van der Waals surface area (Å²) in [6.07, 6.45) is 2.99. The number of methoxy groups -OCH3 is 1. The Labute approximate surface area is 200 Å². The van der Waals surface area contributed by atoms with Gasteiger partial charge in [0, 0.05) is 32.2 Å². The van der Waals surface area contributed by atoms with Crippen LogP contribution in [0.4, 0.5) is 4.79 Å². The summed E-state index contributed by atoms with van der Waals surface area (Å²) >= 11 is 1.47. The Morgan fingerprint density at radius 2 is 2.00 bits per heavy atom. The molecule has 33 heavy (non-hydrogen) atoms. The maximum atomic E-state index is 12.8. The number of fused-ring (bicyclic) bond motifs is 1. The third-order valence-corrected chi connectivity index (χ3v) is 7.82. The first kappa shape index (κ1) is 25.2. The predicted octanol–water partition coefficient (Wildman–Crippen LogP) is 3.29. The zero-order chi connectivity index (χ0) is 24.0. The molecule has 1 atom stereocenters. The minimum Gasteiger partial charge on any atom is -0.453 e. The molecule has 182 valence electrons. The van der Waals surface area contributed by atoms with Crippen molar-refractivity contribution in [2.45, 2.75) is 43.7 Å². The van der Waals surface area contributed by atoms with Crippen LogP contribution in [0.3, 0.4) is 0 Å². The molecule has 1 aromatic carbocycles. The molecule has 1 aromatic heterocycles. The van der Waals surface area contributed by atoms with Gasteiger partial charge < -0.3 is 19.7 Å². The SMILES string of the molecule is COC(=O)N1CCCc2sc(C(=O)NCc3ccc(S(C)(=O)=O)cc3)cc2C[C@H](C)OCC1.[HH]. The van der Waals surface area contributed by atoms with Crippen molar-refractivity contribution >= 4 is 33.2 Å². The largest absolute Gasteiger partial charge is 0.453 e. The Bertz CT molecular complexity index is 1090. The average molecular weight is 497 g/mol. The van der Waals surface area contributed by atoms with Crippen molar-refractivity contribution < 1.29 is 28.9 Å². The second kappa shape index (κ2) is 11.1. The summed E-state index contributed by atoms with van der Waals surface area (Å²) < 4.78 is 33.9. The lowest BCUT2D eigenvalue weighted by atomic mass is 10.1. The highest BCUT2D eigenvalue weighted by atomic mass is 32.2. The summed E-state index contributed by atoms with van der Waals surface area (Å²) in [5.74, 6) is -0.170. The molecule has 0 saturated heterocycles. The smallest absolute Gasteiger partial charge is 0.409 e. The molecule has 0 spiro atoms. The first-order valence-corrected chi connectivity index (χ1v) is 13.5. The van der Waals surface area contributed by atoms with Gasteiger partial charge in [-0.05, 0) is 55.5 Å². The predicted molar refractivity (Wildman–Crippen MR) is 129 cm³/mol. The number of nitrogens with zero attached hydrogens (tertiary/aromatic N) is 1. The number of thiophene rings is 1. The second-order valence-electron chi connectivity index (χ2n) is 8.10. The van der Waals surface area contributed by atoms with E-state index in [1.807, 2.05) is 13.0 Å². The van der Waals surface area contributed by atoms with Crippen LogP contribution < -0.4 is 5.32 Å². The first-order valence-electron chi connectivity index (χ1n) is 10.8. The van der Waals surface area contributed by atoms with Gasteiger partial charge >= 0.3 is 6.09 Å². The van der Waals surface area contributed by atoms with Gasteiger partial charge in [0.05, 0.1) is 29.6 Å². The van der Waals surface area contributed by atoms with Crippen LogP contribution in [-0.2, 0) is 38.7 Å². The van der Waals surface area contributed by atoms with Gasteiger partial charge in [-0.15, -0.1) is 11.3 Å². The van der Waals surface area contributed by atoms with Crippen LogP contribution in [0.1, 0.15) is 40.4 Å². The standard InChI is InChI=1S/C23H30N2O6S2.H2/c1-16-13-18-14-21(22(26)24-15-17-6-8-19(9-7-17)33(3,28)29)32-20(18)5-4-10-25(11-12-31-16)23(27)30-2;/h6-9,14,16H,4-5,10-13,15H2,1-3H3,(H,24,26);1H/t16-;/m0./s1. The van der Waals surface area contributed by atoms with Crippen molar-refractivity contribution in [1.29, 1.82) is 0 Å². The molecule has 0 unspecified atom stereocenters. The second-order valence-corrected chi connectivity index (χ2v) is 11.3. The Kier molecular flexibility index (Phi) is 8.50. The van der Waals surface area contributed by atoms with Crippen LogP contribution in [0.2, 0.25) is 0 Å². The van der Waals surface area contributed by atoms with Crippen LogP contribution in [0.15, 0.2) is 35.2 Å². The van der Waals surface area contributed by atoms with E-state index in [1.54, 1.807) is 29.2 Å². The van der Waals surface area contributed by atoms with E-state index in [2.05, 4.69) is 5.32 Å². The fraction of sp³-hybridized carbons (Fsp3) is 0.478. The summed E-state index contributed by atoms with van der Waals surface area (Å²) in [6.45, 7) is 3.78. The molecule has 0 saturated carbocycles. The summed E-state index contributed by atoms with van der Waals surface area (Å²) in [6, 6.07) is 8.42. The van der Waals surface area contributed by atoms with Crippen molar-refractivity contribution in [2.24, 2.45) is 0 Å². The minimum atomic E-state index is -3.25. The number of rotatable bonds is 4. The number of nitrogens with one attached hydrogen (secondary N) is 1. The van der Waals surface area contributed by atoms with Crippen molar-refractivity contribution in [3.8, 4) is 0 Å². The van der Waals surface area contributed by atoms with Crippen molar-refractivity contribution in [1.82, 2.24) is 10.2 Å². The number of benzene rings is 1. The summed E-state index contributed by atoms with van der Waals surface area (Å²) in [5, 5.41) is 2.91. The van der Waals surface area contributed by atoms with Crippen molar-refractivity contribution in [2.75, 3.05) is 33.1 Å². The average Bonchev–Trinajstić information content (AvgIpc) is 3.16. The highest BCUT2D eigenvalue weighted by Gasteiger charge is 2.20. The molecule has 1 N–H and O–H groups in total. The van der Waals surface area contributed by atoms with E-state index in [0.717, 1.165) is 35.1 Å². The van der Waals surface area contributed by atoms with Crippen LogP contribution in [0.5, 0.6) is 0 Å². The normalized spacial score (nSPS) is 17.5. The molecular formula is C23H32N2O6S2. The van der Waals surface area contributed by atoms with Gasteiger partial charge in [0.2, 0.25) is 0 Å². The number of amides is 2. The van der Waals surface area contributed by atoms with E-state index in [4.69, 9.17) is 9.47 Å². The molecule has 10 heteroatoms. The Hall–Kier alpha value is -2.43. The molecule has 3 rings (SSSR count). The topological polar surface area (TPSA) is 102 Å². The summed E-state index contributed by atoms with van der Waals surface area (Å²) in [4.78, 5) is 28.4. The lowest BCUT2D eigenvalue weighted by molar-refractivity contribution is 0.0459. The van der Waals surface area contributed by atoms with Crippen LogP contribution in [-0.4, -0.2) is 64.5 Å². The quantitative estimate of drug-likeness (QED) is 0.697. The van der Waals surface area contributed by atoms with E-state index in [-0.39, 0.29) is 24.4 Å². The number of hydrogen-bond donors (Lipinski definition) is 1. The fourth-order valence-electron chi connectivity index (χ4n) is 3.67. The monoisotopic (exact) mass is 496 g/mol. The molecule has 0 radical (unpaired) electrons. The van der Waals surface area contributed by atoms with Crippen molar-refractivity contribution in [3.63, 3.8) is 0 Å². The van der Waals surface area contributed by atoms with Gasteiger partial charge in [0.25, 0.3) is 5.91 Å². The lowest BCUT2D eigenvalue weighted by Crippen LogP contribution is -2.35. The Balaban J connectivity index is 0.00000408. The zero-order valence-electron chi connectivity index (χ0n) is 19.1.